The largest absolute Gasteiger partial charge is 3.00 e. The normalized spacial score (nSPS) is 0. The summed E-state index contributed by atoms with van der Waals surface area (Å²) in [6, 6.07) is 0. The Labute approximate surface area is 88.8 Å². The molecule has 32 valence electrons. The number of hydrogen-bond acceptors (Lipinski definition) is 0. The zero-order chi connectivity index (χ0) is 0. The van der Waals surface area contributed by atoms with Crippen molar-refractivity contribution >= 4 is 0 Å². The summed E-state index contributed by atoms with van der Waals surface area (Å²) in [6.07, 6.45) is 0. The number of hydrogen-bond donors (Lipinski definition) is 0. The topological polar surface area (TPSA) is 117 Å². The van der Waals surface area contributed by atoms with Gasteiger partial charge in [0, 0.05) is 0 Å². The Balaban J connectivity index is 0. The van der Waals surface area contributed by atoms with Crippen molar-refractivity contribution in [2.24, 2.45) is 0 Å². The van der Waals surface area contributed by atoms with E-state index < -0.39 is 0 Å². The monoisotopic (exact) mass is 294 g/mol. The Bertz CT molecular complexity index is 7.51. The Kier molecular flexibility index (Phi) is 889. The molecule has 0 saturated heterocycles. The molecule has 6 heteroatoms. The van der Waals surface area contributed by atoms with Gasteiger partial charge in [-0.2, -0.15) is 0 Å². The fraction of sp³-hybridized carbons (Fsp3) is 0. The molecule has 4 nitrogen and oxygen atoms in total. The molecule has 0 fully saturated rings. The second-order valence-corrected chi connectivity index (χ2v) is 0. The first kappa shape index (κ1) is 90.7. The van der Waals surface area contributed by atoms with Crippen LogP contribution in [0, 0.1) is 35.6 Å². The maximum absolute atomic E-state index is 0. The van der Waals surface area contributed by atoms with Gasteiger partial charge in [-0.1, -0.05) is 0 Å². The van der Waals surface area contributed by atoms with Crippen LogP contribution in [-0.4, -0.2) is 5.48 Å². The van der Waals surface area contributed by atoms with Crippen molar-refractivity contribution in [3.05, 3.63) is 0 Å². The molecule has 0 atom stereocenters. The van der Waals surface area contributed by atoms with E-state index in [-0.39, 0.29) is 90.2 Å². The summed E-state index contributed by atoms with van der Waals surface area (Å²) in [7, 11) is 0. The second-order valence-electron chi connectivity index (χ2n) is 0. The van der Waals surface area contributed by atoms with Crippen molar-refractivity contribution in [3.8, 4) is 0 Å². The second kappa shape index (κ2) is 58.8. The first-order valence-corrected chi connectivity index (χ1v) is 0. The van der Waals surface area contributed by atoms with E-state index in [1.54, 1.807) is 0 Å². The molecule has 0 unspecified atom stereocenters. The molecule has 0 aliphatic carbocycles. The Hall–Kier alpha value is 2.14. The van der Waals surface area contributed by atoms with Gasteiger partial charge in [-0.15, -0.1) is 0 Å². The summed E-state index contributed by atoms with van der Waals surface area (Å²) in [6.45, 7) is 0. The minimum absolute atomic E-state index is 0. The van der Waals surface area contributed by atoms with Gasteiger partial charge in [0.25, 0.3) is 0 Å². The summed E-state index contributed by atoms with van der Waals surface area (Å²) < 4.78 is 0. The molecular weight excluding hydrogens is 292 g/mol. The zero-order valence-electron chi connectivity index (χ0n) is 2.88. The minimum Gasteiger partial charge on any atom is -2.00 e. The van der Waals surface area contributed by atoms with Gasteiger partial charge in [0.05, 0.1) is 0 Å². The molecule has 0 aromatic heterocycles. The van der Waals surface area contributed by atoms with Crippen molar-refractivity contribution in [2.45, 2.75) is 0 Å². The molecule has 0 aromatic rings. The van der Waals surface area contributed by atoms with Crippen LogP contribution in [0.5, 0.6) is 0 Å². The summed E-state index contributed by atoms with van der Waals surface area (Å²) in [5.74, 6) is 0. The van der Waals surface area contributed by atoms with E-state index in [0.717, 1.165) is 0 Å². The number of rotatable bonds is 0. The van der Waals surface area contributed by atoms with Gasteiger partial charge in [0.1, 0.15) is 0 Å². The standard InChI is InChI=1S/La.H2O.3O.Y/h;1H2;;;;/q+3;;3*-2;+3. The van der Waals surface area contributed by atoms with Gasteiger partial charge in [0.2, 0.25) is 0 Å². The molecule has 0 bridgehead atoms. The molecule has 2 N–H and O–H groups in total. The molecule has 0 saturated carbocycles. The van der Waals surface area contributed by atoms with Crippen LogP contribution in [-0.2, 0) is 49.1 Å². The van der Waals surface area contributed by atoms with Crippen molar-refractivity contribution in [1.82, 2.24) is 0 Å². The van der Waals surface area contributed by atoms with E-state index in [1.807, 2.05) is 0 Å². The van der Waals surface area contributed by atoms with E-state index in [0.29, 0.717) is 0 Å². The van der Waals surface area contributed by atoms with Gasteiger partial charge in [-0.25, -0.2) is 0 Å². The predicted octanol–water partition coefficient (Wildman–Crippen LogP) is -1.18. The van der Waals surface area contributed by atoms with Crippen molar-refractivity contribution in [3.63, 3.8) is 0 Å². The van der Waals surface area contributed by atoms with Crippen LogP contribution in [0.1, 0.15) is 0 Å². The molecule has 6 heavy (non-hydrogen) atoms. The molecule has 0 aromatic carbocycles. The Morgan fingerprint density at radius 2 is 0.667 bits per heavy atom. The van der Waals surface area contributed by atoms with Crippen LogP contribution in [0.15, 0.2) is 0 Å². The summed E-state index contributed by atoms with van der Waals surface area (Å²) >= 11 is 0. The summed E-state index contributed by atoms with van der Waals surface area (Å²) in [4.78, 5) is 0. The SMILES string of the molecule is O.[La+3].[O-2].[O-2].[O-2].[Y+3]. The molecule has 0 aliphatic rings. The average Bonchev–Trinajstić information content (AvgIpc) is 0. The zero-order valence-corrected chi connectivity index (χ0v) is 9.34. The van der Waals surface area contributed by atoms with Gasteiger partial charge < -0.3 is 21.9 Å². The van der Waals surface area contributed by atoms with Crippen molar-refractivity contribution in [1.29, 1.82) is 0 Å². The fourth-order valence-electron chi connectivity index (χ4n) is 0. The van der Waals surface area contributed by atoms with Gasteiger partial charge >= 0.3 is 68.3 Å². The van der Waals surface area contributed by atoms with Crippen LogP contribution >= 0.6 is 0 Å². The summed E-state index contributed by atoms with van der Waals surface area (Å²) in [5, 5.41) is 0. The molecule has 0 amide bonds. The maximum Gasteiger partial charge on any atom is 3.00 e. The summed E-state index contributed by atoms with van der Waals surface area (Å²) in [5.41, 5.74) is 0. The first-order valence-electron chi connectivity index (χ1n) is 0. The fourth-order valence-corrected chi connectivity index (χ4v) is 0. The van der Waals surface area contributed by atoms with E-state index >= 15 is 0 Å². The van der Waals surface area contributed by atoms with E-state index in [4.69, 9.17) is 0 Å². The van der Waals surface area contributed by atoms with E-state index in [9.17, 15) is 0 Å². The quantitative estimate of drug-likeness (QED) is 0.534. The van der Waals surface area contributed by atoms with Crippen LogP contribution in [0.3, 0.4) is 0 Å². The van der Waals surface area contributed by atoms with E-state index in [1.165, 1.54) is 0 Å². The molecule has 0 radical (unpaired) electrons. The van der Waals surface area contributed by atoms with Crippen LogP contribution in [0.25, 0.3) is 0 Å². The third-order valence-electron chi connectivity index (χ3n) is 0. The molecular formula is H2LaO4Y. The first-order chi connectivity index (χ1) is 0. The Morgan fingerprint density at radius 1 is 0.667 bits per heavy atom. The van der Waals surface area contributed by atoms with E-state index in [2.05, 4.69) is 0 Å². The minimum atomic E-state index is 0. The van der Waals surface area contributed by atoms with Gasteiger partial charge in [-0.3, -0.25) is 0 Å². The smallest absolute Gasteiger partial charge is 2.00 e. The van der Waals surface area contributed by atoms with Gasteiger partial charge in [0.15, 0.2) is 0 Å². The molecule has 0 heterocycles. The molecule has 0 spiro atoms. The van der Waals surface area contributed by atoms with Crippen molar-refractivity contribution in [2.75, 3.05) is 0 Å². The maximum atomic E-state index is 0. The van der Waals surface area contributed by atoms with Crippen LogP contribution < -0.4 is 0 Å². The third kappa shape index (κ3) is 35.4. The third-order valence-corrected chi connectivity index (χ3v) is 0. The molecule has 0 rings (SSSR count). The van der Waals surface area contributed by atoms with Crippen LogP contribution in [0.2, 0.25) is 0 Å². The Morgan fingerprint density at radius 3 is 0.667 bits per heavy atom. The van der Waals surface area contributed by atoms with Gasteiger partial charge in [-0.05, 0) is 0 Å². The predicted molar refractivity (Wildman–Crippen MR) is 5.67 cm³/mol. The average molecular weight is 294 g/mol. The van der Waals surface area contributed by atoms with Crippen molar-refractivity contribution < 1.29 is 90.2 Å². The van der Waals surface area contributed by atoms with Crippen LogP contribution in [0.4, 0.5) is 0 Å². The molecule has 0 aliphatic heterocycles.